The predicted octanol–water partition coefficient (Wildman–Crippen LogP) is 2.44. The molecule has 0 spiro atoms. The van der Waals surface area contributed by atoms with Gasteiger partial charge in [0.2, 0.25) is 0 Å². The van der Waals surface area contributed by atoms with E-state index in [2.05, 4.69) is 20.6 Å². The maximum absolute atomic E-state index is 9.08. The van der Waals surface area contributed by atoms with Gasteiger partial charge < -0.3 is 29.2 Å². The zero-order valence-electron chi connectivity index (χ0n) is 17.2. The van der Waals surface area contributed by atoms with E-state index in [0.717, 1.165) is 69.1 Å². The highest BCUT2D eigenvalue weighted by molar-refractivity contribution is 5.64. The third-order valence-corrected chi connectivity index (χ3v) is 5.75. The lowest BCUT2D eigenvalue weighted by Gasteiger charge is -2.39. The van der Waals surface area contributed by atoms with Gasteiger partial charge in [-0.05, 0) is 37.8 Å². The van der Waals surface area contributed by atoms with Crippen LogP contribution in [0.1, 0.15) is 31.7 Å². The van der Waals surface area contributed by atoms with Crippen LogP contribution < -0.4 is 4.74 Å². The van der Waals surface area contributed by atoms with Gasteiger partial charge in [0.25, 0.3) is 6.47 Å². The van der Waals surface area contributed by atoms with Gasteiger partial charge in [-0.25, -0.2) is 4.98 Å². The van der Waals surface area contributed by atoms with Crippen molar-refractivity contribution in [1.82, 2.24) is 14.5 Å². The second-order valence-electron chi connectivity index (χ2n) is 7.44. The van der Waals surface area contributed by atoms with E-state index < -0.39 is 0 Å². The van der Waals surface area contributed by atoms with Crippen molar-refractivity contribution in [2.45, 2.75) is 37.8 Å². The Hall–Kier alpha value is -2.42. The molecule has 2 aliphatic heterocycles. The van der Waals surface area contributed by atoms with Crippen molar-refractivity contribution in [3.05, 3.63) is 36.7 Å². The van der Waals surface area contributed by atoms with Gasteiger partial charge in [-0.2, -0.15) is 0 Å². The molecule has 4 rings (SSSR count). The van der Waals surface area contributed by atoms with Crippen molar-refractivity contribution < 1.29 is 24.5 Å². The fraction of sp³-hybridized carbons (Fsp3) is 0.545. The first kappa shape index (κ1) is 22.3. The molecule has 0 amide bonds. The van der Waals surface area contributed by atoms with Gasteiger partial charge in [0.15, 0.2) is 0 Å². The number of imidazole rings is 1. The lowest BCUT2D eigenvalue weighted by atomic mass is 9.99. The van der Waals surface area contributed by atoms with E-state index >= 15 is 0 Å². The highest BCUT2D eigenvalue weighted by Gasteiger charge is 2.28. The molecule has 2 N–H and O–H groups in total. The molecule has 30 heavy (non-hydrogen) atoms. The van der Waals surface area contributed by atoms with Crippen LogP contribution >= 0.6 is 0 Å². The predicted molar refractivity (Wildman–Crippen MR) is 113 cm³/mol. The highest BCUT2D eigenvalue weighted by atomic mass is 16.5. The van der Waals surface area contributed by atoms with Crippen molar-refractivity contribution in [3.8, 4) is 17.1 Å². The largest absolute Gasteiger partial charge is 0.490 e. The van der Waals surface area contributed by atoms with Crippen LogP contribution in [-0.4, -0.2) is 76.7 Å². The number of hydrogen-bond acceptors (Lipinski definition) is 6. The number of piperidine rings is 1. The number of aliphatic hydroxyl groups excluding tert-OH is 1. The molecule has 8 nitrogen and oxygen atoms in total. The molecule has 2 aliphatic rings. The summed E-state index contributed by atoms with van der Waals surface area (Å²) in [4.78, 5) is 15.6. The number of benzene rings is 1. The number of carbonyl (C=O) groups is 1. The molecule has 0 saturated carbocycles. The van der Waals surface area contributed by atoms with Crippen LogP contribution in [-0.2, 0) is 9.53 Å². The summed E-state index contributed by atoms with van der Waals surface area (Å²) in [6.45, 7) is 4.13. The third-order valence-electron chi connectivity index (χ3n) is 5.75. The first-order chi connectivity index (χ1) is 14.8. The van der Waals surface area contributed by atoms with Gasteiger partial charge in [0.1, 0.15) is 18.2 Å². The van der Waals surface area contributed by atoms with Crippen molar-refractivity contribution >= 4 is 6.47 Å². The zero-order chi connectivity index (χ0) is 21.2. The highest BCUT2D eigenvalue weighted by Crippen LogP contribution is 2.34. The van der Waals surface area contributed by atoms with E-state index in [1.165, 1.54) is 0 Å². The molecule has 0 atom stereocenters. The first-order valence-electron chi connectivity index (χ1n) is 10.5. The Morgan fingerprint density at radius 1 is 1.13 bits per heavy atom. The SMILES string of the molecule is O=CO.OCCOc1ccccc1-c1nccn1C1CCN(C2CCOCC2)CC1. The minimum atomic E-state index is -0.250. The van der Waals surface area contributed by atoms with Gasteiger partial charge in [-0.15, -0.1) is 0 Å². The Balaban J connectivity index is 0.000000806. The minimum Gasteiger partial charge on any atom is -0.490 e. The molecule has 0 aliphatic carbocycles. The topological polar surface area (TPSA) is 97.1 Å². The zero-order valence-corrected chi connectivity index (χ0v) is 17.2. The molecule has 2 aromatic rings. The molecule has 1 aromatic carbocycles. The molecule has 8 heteroatoms. The normalized spacial score (nSPS) is 18.4. The molecule has 0 radical (unpaired) electrons. The number of ether oxygens (including phenoxy) is 2. The quantitative estimate of drug-likeness (QED) is 0.697. The number of carboxylic acid groups (broad SMARTS) is 1. The van der Waals surface area contributed by atoms with Gasteiger partial charge in [0.05, 0.1) is 12.2 Å². The molecular formula is C22H31N3O5. The molecule has 164 valence electrons. The number of aliphatic hydroxyl groups is 1. The van der Waals surface area contributed by atoms with E-state index in [1.807, 2.05) is 30.5 Å². The summed E-state index contributed by atoms with van der Waals surface area (Å²) >= 11 is 0. The van der Waals surface area contributed by atoms with Crippen molar-refractivity contribution in [1.29, 1.82) is 0 Å². The molecule has 2 fully saturated rings. The van der Waals surface area contributed by atoms with Gasteiger partial charge in [-0.3, -0.25) is 4.79 Å². The number of aromatic nitrogens is 2. The van der Waals surface area contributed by atoms with E-state index in [0.29, 0.717) is 18.7 Å². The van der Waals surface area contributed by atoms with Crippen LogP contribution in [0.15, 0.2) is 36.7 Å². The van der Waals surface area contributed by atoms with Crippen LogP contribution in [0.25, 0.3) is 11.4 Å². The Morgan fingerprint density at radius 3 is 2.53 bits per heavy atom. The third kappa shape index (κ3) is 5.59. The molecule has 2 saturated heterocycles. The number of para-hydroxylation sites is 1. The second kappa shape index (κ2) is 11.7. The Labute approximate surface area is 177 Å². The summed E-state index contributed by atoms with van der Waals surface area (Å²) in [5.74, 6) is 1.73. The number of likely N-dealkylation sites (tertiary alicyclic amines) is 1. The van der Waals surface area contributed by atoms with E-state index in [-0.39, 0.29) is 13.1 Å². The Bertz CT molecular complexity index is 768. The summed E-state index contributed by atoms with van der Waals surface area (Å²) in [5.41, 5.74) is 0.989. The maximum Gasteiger partial charge on any atom is 0.290 e. The summed E-state index contributed by atoms with van der Waals surface area (Å²) in [6, 6.07) is 9.10. The lowest BCUT2D eigenvalue weighted by Crippen LogP contribution is -2.44. The Kier molecular flexibility index (Phi) is 8.67. The standard InChI is InChI=1S/C21H29N3O3.CH2O2/c25-13-16-27-20-4-2-1-3-19(20)21-22-9-12-24(21)18-5-10-23(11-6-18)17-7-14-26-15-8-17;2-1-3/h1-4,9,12,17-18,25H,5-8,10-11,13-16H2;1H,(H,2,3). The summed E-state index contributed by atoms with van der Waals surface area (Å²) in [6.07, 6.45) is 8.57. The van der Waals surface area contributed by atoms with Crippen molar-refractivity contribution in [2.75, 3.05) is 39.5 Å². The molecule has 0 bridgehead atoms. The molecular weight excluding hydrogens is 386 g/mol. The summed E-state index contributed by atoms with van der Waals surface area (Å²) < 4.78 is 13.5. The number of hydrogen-bond donors (Lipinski definition) is 2. The van der Waals surface area contributed by atoms with E-state index in [4.69, 9.17) is 24.5 Å². The number of rotatable bonds is 6. The van der Waals surface area contributed by atoms with Crippen LogP contribution in [0.4, 0.5) is 0 Å². The molecule has 3 heterocycles. The molecule has 1 aromatic heterocycles. The molecule has 0 unspecified atom stereocenters. The van der Waals surface area contributed by atoms with Crippen molar-refractivity contribution in [2.24, 2.45) is 0 Å². The van der Waals surface area contributed by atoms with Gasteiger partial charge >= 0.3 is 0 Å². The lowest BCUT2D eigenvalue weighted by molar-refractivity contribution is -0.122. The first-order valence-corrected chi connectivity index (χ1v) is 10.5. The van der Waals surface area contributed by atoms with Gasteiger partial charge in [0, 0.05) is 50.8 Å². The number of nitrogens with zero attached hydrogens (tertiary/aromatic N) is 3. The fourth-order valence-corrected chi connectivity index (χ4v) is 4.33. The van der Waals surface area contributed by atoms with Crippen LogP contribution in [0.5, 0.6) is 5.75 Å². The maximum atomic E-state index is 9.08. The van der Waals surface area contributed by atoms with Crippen molar-refractivity contribution in [3.63, 3.8) is 0 Å². The summed E-state index contributed by atoms with van der Waals surface area (Å²) in [7, 11) is 0. The average molecular weight is 418 g/mol. The van der Waals surface area contributed by atoms with E-state index in [1.54, 1.807) is 0 Å². The van der Waals surface area contributed by atoms with Crippen LogP contribution in [0.2, 0.25) is 0 Å². The monoisotopic (exact) mass is 417 g/mol. The summed E-state index contributed by atoms with van der Waals surface area (Å²) in [5, 5.41) is 16.0. The minimum absolute atomic E-state index is 0.00738. The van der Waals surface area contributed by atoms with Gasteiger partial charge in [-0.1, -0.05) is 12.1 Å². The second-order valence-corrected chi connectivity index (χ2v) is 7.44. The van der Waals surface area contributed by atoms with Crippen LogP contribution in [0.3, 0.4) is 0 Å². The smallest absolute Gasteiger partial charge is 0.290 e. The van der Waals surface area contributed by atoms with Crippen LogP contribution in [0, 0.1) is 0 Å². The average Bonchev–Trinajstić information content (AvgIpc) is 3.29. The Morgan fingerprint density at radius 2 is 1.83 bits per heavy atom. The van der Waals surface area contributed by atoms with E-state index in [9.17, 15) is 0 Å². The fourth-order valence-electron chi connectivity index (χ4n) is 4.33.